The average molecular weight is 829 g/mol. The first kappa shape index (κ1) is 43.3. The Balaban J connectivity index is 1.30. The van der Waals surface area contributed by atoms with Gasteiger partial charge in [0.2, 0.25) is 23.6 Å². The molecule has 4 aromatic rings. The van der Waals surface area contributed by atoms with Gasteiger partial charge in [0, 0.05) is 49.0 Å². The van der Waals surface area contributed by atoms with Crippen LogP contribution >= 0.6 is 0 Å². The third kappa shape index (κ3) is 8.04. The number of aromatic nitrogens is 2. The van der Waals surface area contributed by atoms with Gasteiger partial charge in [-0.05, 0) is 126 Å². The Labute approximate surface area is 351 Å². The fourth-order valence-corrected chi connectivity index (χ4v) is 9.76. The SMILES string of the molecule is CN[C@@H](C)C(=O)N[C@H](C(=O)N1CCCC1Cc1c2n(c3cc(F)ccc13)CCn1c-2c(C[C@@H]2CCCN2C(=O)[C@@H](NC(=O)[C@H](C)NC)C(C)C)c2ccc(F)cc21)C(C)C. The number of hydrogen-bond donors (Lipinski definition) is 4. The number of carbonyl (C=O) groups excluding carboxylic acids is 4. The van der Waals surface area contributed by atoms with Crippen LogP contribution in [0.5, 0.6) is 0 Å². The number of likely N-dealkylation sites (N-methyl/N-ethyl adjacent to an activating group) is 2. The van der Waals surface area contributed by atoms with Crippen LogP contribution in [-0.2, 0) is 45.1 Å². The van der Waals surface area contributed by atoms with E-state index >= 15 is 8.78 Å². The summed E-state index contributed by atoms with van der Waals surface area (Å²) in [5.41, 5.74) is 5.37. The van der Waals surface area contributed by atoms with Crippen molar-refractivity contribution in [3.63, 3.8) is 0 Å². The zero-order valence-electron chi connectivity index (χ0n) is 36.3. The average Bonchev–Trinajstić information content (AvgIpc) is 4.02. The summed E-state index contributed by atoms with van der Waals surface area (Å²) < 4.78 is 34.7. The summed E-state index contributed by atoms with van der Waals surface area (Å²) in [7, 11) is 3.42. The predicted octanol–water partition coefficient (Wildman–Crippen LogP) is 5.12. The topological polar surface area (TPSA) is 133 Å². The lowest BCUT2D eigenvalue weighted by Gasteiger charge is -2.32. The van der Waals surface area contributed by atoms with Gasteiger partial charge >= 0.3 is 0 Å². The molecule has 60 heavy (non-hydrogen) atoms. The molecular weight excluding hydrogens is 767 g/mol. The normalized spacial score (nSPS) is 19.8. The molecule has 2 aromatic carbocycles. The Morgan fingerprint density at radius 3 is 1.35 bits per heavy atom. The zero-order valence-corrected chi connectivity index (χ0v) is 36.3. The van der Waals surface area contributed by atoms with Gasteiger partial charge in [0.25, 0.3) is 0 Å². The van der Waals surface area contributed by atoms with E-state index in [1.807, 2.05) is 49.6 Å². The molecule has 3 aliphatic heterocycles. The van der Waals surface area contributed by atoms with Crippen molar-refractivity contribution in [2.75, 3.05) is 27.2 Å². The van der Waals surface area contributed by atoms with Gasteiger partial charge in [-0.25, -0.2) is 8.78 Å². The van der Waals surface area contributed by atoms with Crippen molar-refractivity contribution in [1.82, 2.24) is 40.2 Å². The van der Waals surface area contributed by atoms with E-state index in [2.05, 4.69) is 30.4 Å². The monoisotopic (exact) mass is 828 g/mol. The third-order valence-corrected chi connectivity index (χ3v) is 13.3. The second kappa shape index (κ2) is 17.6. The number of benzene rings is 2. The lowest BCUT2D eigenvalue weighted by Crippen LogP contribution is -2.55. The molecule has 14 heteroatoms. The molecule has 2 saturated heterocycles. The Hall–Kier alpha value is -4.82. The predicted molar refractivity (Wildman–Crippen MR) is 230 cm³/mol. The van der Waals surface area contributed by atoms with Crippen LogP contribution in [-0.4, -0.2) is 106 Å². The minimum absolute atomic E-state index is 0.111. The molecule has 0 saturated carbocycles. The van der Waals surface area contributed by atoms with E-state index in [0.717, 1.165) is 70.0 Å². The van der Waals surface area contributed by atoms with Gasteiger partial charge in [-0.1, -0.05) is 27.7 Å². The smallest absolute Gasteiger partial charge is 0.245 e. The van der Waals surface area contributed by atoms with Crippen molar-refractivity contribution < 1.29 is 28.0 Å². The second-order valence-electron chi connectivity index (χ2n) is 17.8. The molecule has 7 rings (SSSR count). The Morgan fingerprint density at radius 2 is 1.00 bits per heavy atom. The first-order valence-electron chi connectivity index (χ1n) is 21.8. The molecule has 0 spiro atoms. The first-order valence-corrected chi connectivity index (χ1v) is 21.8. The highest BCUT2D eigenvalue weighted by molar-refractivity contribution is 5.98. The fourth-order valence-electron chi connectivity index (χ4n) is 9.76. The number of halogens is 2. The second-order valence-corrected chi connectivity index (χ2v) is 17.8. The molecule has 0 aliphatic carbocycles. The molecule has 12 nitrogen and oxygen atoms in total. The van der Waals surface area contributed by atoms with Crippen LogP contribution in [0.3, 0.4) is 0 Å². The number of likely N-dealkylation sites (tertiary alicyclic amines) is 2. The number of nitrogens with one attached hydrogen (secondary N) is 4. The van der Waals surface area contributed by atoms with Gasteiger partial charge < -0.3 is 40.2 Å². The number of rotatable bonds is 14. The molecule has 6 atom stereocenters. The number of nitrogens with zero attached hydrogens (tertiary/aromatic N) is 4. The summed E-state index contributed by atoms with van der Waals surface area (Å²) in [6.45, 7) is 13.5. The summed E-state index contributed by atoms with van der Waals surface area (Å²) in [4.78, 5) is 58.6. The van der Waals surface area contributed by atoms with Crippen molar-refractivity contribution >= 4 is 45.4 Å². The van der Waals surface area contributed by atoms with E-state index in [-0.39, 0.29) is 59.2 Å². The zero-order chi connectivity index (χ0) is 43.2. The highest BCUT2D eigenvalue weighted by Gasteiger charge is 2.40. The Bertz CT molecular complexity index is 2120. The minimum atomic E-state index is -0.695. The number of amides is 4. The van der Waals surface area contributed by atoms with Crippen molar-refractivity contribution in [2.24, 2.45) is 11.8 Å². The van der Waals surface area contributed by atoms with E-state index in [0.29, 0.717) is 39.0 Å². The lowest BCUT2D eigenvalue weighted by molar-refractivity contribution is -0.138. The molecule has 4 amide bonds. The largest absolute Gasteiger partial charge is 0.343 e. The van der Waals surface area contributed by atoms with Crippen LogP contribution in [0.1, 0.15) is 78.4 Å². The summed E-state index contributed by atoms with van der Waals surface area (Å²) in [5, 5.41) is 13.7. The van der Waals surface area contributed by atoms with Crippen LogP contribution in [0.25, 0.3) is 33.2 Å². The Kier molecular flexibility index (Phi) is 12.7. The van der Waals surface area contributed by atoms with E-state index < -0.39 is 24.2 Å². The maximum absolute atomic E-state index is 15.2. The quantitative estimate of drug-likeness (QED) is 0.140. The lowest BCUT2D eigenvalue weighted by atomic mass is 9.94. The Morgan fingerprint density at radius 1 is 0.617 bits per heavy atom. The summed E-state index contributed by atoms with van der Waals surface area (Å²) in [6.07, 6.45) is 4.18. The number of aryl methyl sites for hydroxylation is 2. The third-order valence-electron chi connectivity index (χ3n) is 13.3. The standard InChI is InChI=1S/C46H62F2N8O4/c1-25(2)39(51-43(57)27(5)49-7)45(59)53-17-9-11-31(53)23-35-33-15-13-29(47)21-37(33)55-19-20-56-38-22-30(48)14-16-34(38)36(42(56)41(35)55)24-32-12-10-18-54(32)46(60)40(26(3)4)52-44(58)28(6)50-8/h13-16,21-22,25-28,31-32,39-40,49-50H,9-12,17-20,23-24H2,1-8H3,(H,51,57)(H,52,58)/t27-,28-,31-,32?,39-,40-/m0/s1. The molecule has 1 unspecified atom stereocenters. The highest BCUT2D eigenvalue weighted by Crippen LogP contribution is 2.45. The van der Waals surface area contributed by atoms with Gasteiger partial charge in [0.1, 0.15) is 23.7 Å². The molecule has 0 radical (unpaired) electrons. The maximum Gasteiger partial charge on any atom is 0.245 e. The number of hydrogen-bond acceptors (Lipinski definition) is 6. The maximum atomic E-state index is 15.2. The summed E-state index contributed by atoms with van der Waals surface area (Å²) >= 11 is 0. The van der Waals surface area contributed by atoms with E-state index in [9.17, 15) is 19.2 Å². The van der Waals surface area contributed by atoms with Gasteiger partial charge in [-0.2, -0.15) is 0 Å². The van der Waals surface area contributed by atoms with Gasteiger partial charge in [0.05, 0.1) is 34.5 Å². The molecule has 2 fully saturated rings. The van der Waals surface area contributed by atoms with Gasteiger partial charge in [0.15, 0.2) is 0 Å². The molecule has 0 bridgehead atoms. The van der Waals surface area contributed by atoms with Crippen LogP contribution in [0.15, 0.2) is 36.4 Å². The molecule has 4 N–H and O–H groups in total. The van der Waals surface area contributed by atoms with Crippen LogP contribution < -0.4 is 21.3 Å². The van der Waals surface area contributed by atoms with Gasteiger partial charge in [-0.3, -0.25) is 19.2 Å². The molecular formula is C46H62F2N8O4. The molecule has 3 aliphatic rings. The summed E-state index contributed by atoms with van der Waals surface area (Å²) in [6, 6.07) is 7.15. The molecule has 324 valence electrons. The summed E-state index contributed by atoms with van der Waals surface area (Å²) in [5.74, 6) is -1.65. The number of carbonyl (C=O) groups is 4. The first-order chi connectivity index (χ1) is 28.6. The highest BCUT2D eigenvalue weighted by atomic mass is 19.1. The number of fused-ring (bicyclic) bond motifs is 7. The van der Waals surface area contributed by atoms with Crippen molar-refractivity contribution in [3.8, 4) is 11.4 Å². The fraction of sp³-hybridized carbons (Fsp3) is 0.565. The molecule has 2 aromatic heterocycles. The van der Waals surface area contributed by atoms with Crippen molar-refractivity contribution in [2.45, 2.75) is 129 Å². The van der Waals surface area contributed by atoms with Crippen LogP contribution in [0, 0.1) is 23.5 Å². The van der Waals surface area contributed by atoms with Crippen LogP contribution in [0.2, 0.25) is 0 Å². The van der Waals surface area contributed by atoms with Gasteiger partial charge in [-0.15, -0.1) is 0 Å². The van der Waals surface area contributed by atoms with Crippen molar-refractivity contribution in [3.05, 3.63) is 59.2 Å². The van der Waals surface area contributed by atoms with Crippen molar-refractivity contribution in [1.29, 1.82) is 0 Å². The van der Waals surface area contributed by atoms with E-state index in [1.54, 1.807) is 40.1 Å². The molecule has 5 heterocycles. The van der Waals surface area contributed by atoms with Crippen LogP contribution in [0.4, 0.5) is 8.78 Å². The van der Waals surface area contributed by atoms with E-state index in [4.69, 9.17) is 0 Å². The minimum Gasteiger partial charge on any atom is -0.343 e. The van der Waals surface area contributed by atoms with E-state index in [1.165, 1.54) is 12.1 Å².